The first kappa shape index (κ1) is 16.8. The largest absolute Gasteiger partial charge is 0.390 e. The van der Waals surface area contributed by atoms with Gasteiger partial charge in [0, 0.05) is 18.7 Å². The molecule has 5 nitrogen and oxygen atoms in total. The van der Waals surface area contributed by atoms with E-state index >= 15 is 0 Å². The van der Waals surface area contributed by atoms with E-state index in [9.17, 15) is 4.79 Å². The minimum absolute atomic E-state index is 0.156. The molecular weight excluding hydrogens is 314 g/mol. The van der Waals surface area contributed by atoms with Crippen molar-refractivity contribution in [2.24, 2.45) is 5.16 Å². The van der Waals surface area contributed by atoms with Crippen molar-refractivity contribution in [2.75, 3.05) is 18.4 Å². The van der Waals surface area contributed by atoms with Gasteiger partial charge in [-0.05, 0) is 17.7 Å². The number of carbonyl (C=O) groups excluding carboxylic acids is 1. The number of nitrogens with one attached hydrogen (secondary N) is 1. The standard InChI is InChI=1S/C20H21N3O2/c1-2-13-23(20(24)21-17-11-7-4-8-12-17)15-18-14-19(22-25-18)16-9-5-3-6-10-16/h2-12,18H,1,13-15H2,(H,21,24). The number of amides is 2. The molecule has 2 aromatic rings. The Labute approximate surface area is 147 Å². The van der Waals surface area contributed by atoms with Gasteiger partial charge in [0.05, 0.1) is 12.3 Å². The molecule has 0 fully saturated rings. The molecule has 1 atom stereocenters. The van der Waals surface area contributed by atoms with E-state index in [1.807, 2.05) is 60.7 Å². The number of oxime groups is 1. The normalized spacial score (nSPS) is 15.8. The number of hydrogen-bond acceptors (Lipinski definition) is 3. The number of nitrogens with zero attached hydrogens (tertiary/aromatic N) is 2. The molecule has 0 bridgehead atoms. The lowest BCUT2D eigenvalue weighted by Gasteiger charge is -2.23. The molecule has 3 rings (SSSR count). The van der Waals surface area contributed by atoms with Crippen LogP contribution in [0, 0.1) is 0 Å². The summed E-state index contributed by atoms with van der Waals surface area (Å²) >= 11 is 0. The van der Waals surface area contributed by atoms with Gasteiger partial charge < -0.3 is 15.1 Å². The van der Waals surface area contributed by atoms with Gasteiger partial charge in [-0.3, -0.25) is 0 Å². The SMILES string of the molecule is C=CCN(CC1CC(c2ccccc2)=NO1)C(=O)Nc1ccccc1. The summed E-state index contributed by atoms with van der Waals surface area (Å²) in [7, 11) is 0. The quantitative estimate of drug-likeness (QED) is 0.814. The molecule has 1 aliphatic heterocycles. The molecule has 0 aromatic heterocycles. The van der Waals surface area contributed by atoms with Crippen LogP contribution >= 0.6 is 0 Å². The number of urea groups is 1. The summed E-state index contributed by atoms with van der Waals surface area (Å²) in [5, 5.41) is 7.07. The number of benzene rings is 2. The van der Waals surface area contributed by atoms with Gasteiger partial charge in [0.1, 0.15) is 0 Å². The molecule has 0 saturated carbocycles. The first-order chi connectivity index (χ1) is 12.3. The maximum Gasteiger partial charge on any atom is 0.322 e. The predicted octanol–water partition coefficient (Wildman–Crippen LogP) is 3.90. The topological polar surface area (TPSA) is 53.9 Å². The molecule has 25 heavy (non-hydrogen) atoms. The summed E-state index contributed by atoms with van der Waals surface area (Å²) in [6, 6.07) is 19.1. The highest BCUT2D eigenvalue weighted by Gasteiger charge is 2.26. The van der Waals surface area contributed by atoms with Gasteiger partial charge in [0.15, 0.2) is 6.10 Å². The van der Waals surface area contributed by atoms with Crippen LogP contribution in [0.5, 0.6) is 0 Å². The van der Waals surface area contributed by atoms with Crippen molar-refractivity contribution in [1.29, 1.82) is 0 Å². The van der Waals surface area contributed by atoms with Crippen LogP contribution in [0.25, 0.3) is 0 Å². The fourth-order valence-electron chi connectivity index (χ4n) is 2.69. The Balaban J connectivity index is 1.59. The minimum atomic E-state index is -0.178. The second kappa shape index (κ2) is 8.15. The minimum Gasteiger partial charge on any atom is -0.390 e. The Bertz CT molecular complexity index is 744. The van der Waals surface area contributed by atoms with Crippen LogP contribution in [0.2, 0.25) is 0 Å². The molecule has 0 saturated heterocycles. The van der Waals surface area contributed by atoms with Crippen LogP contribution < -0.4 is 5.32 Å². The highest BCUT2D eigenvalue weighted by Crippen LogP contribution is 2.18. The van der Waals surface area contributed by atoms with Crippen molar-refractivity contribution in [2.45, 2.75) is 12.5 Å². The second-order valence-corrected chi connectivity index (χ2v) is 5.83. The smallest absolute Gasteiger partial charge is 0.322 e. The van der Waals surface area contributed by atoms with Crippen LogP contribution in [0.4, 0.5) is 10.5 Å². The van der Waals surface area contributed by atoms with Crippen LogP contribution in [0.15, 0.2) is 78.5 Å². The molecule has 5 heteroatoms. The zero-order chi connectivity index (χ0) is 17.5. The number of rotatable bonds is 6. The first-order valence-electron chi connectivity index (χ1n) is 8.26. The van der Waals surface area contributed by atoms with Gasteiger partial charge in [0.2, 0.25) is 0 Å². The van der Waals surface area contributed by atoms with E-state index in [-0.39, 0.29) is 12.1 Å². The van der Waals surface area contributed by atoms with Crippen LogP contribution in [-0.4, -0.2) is 35.8 Å². The van der Waals surface area contributed by atoms with Crippen LogP contribution in [0.3, 0.4) is 0 Å². The third kappa shape index (κ3) is 4.47. The van der Waals surface area contributed by atoms with Crippen molar-refractivity contribution in [3.05, 3.63) is 78.9 Å². The van der Waals surface area contributed by atoms with Crippen molar-refractivity contribution in [3.8, 4) is 0 Å². The molecule has 2 amide bonds. The zero-order valence-electron chi connectivity index (χ0n) is 14.0. The second-order valence-electron chi connectivity index (χ2n) is 5.83. The number of para-hydroxylation sites is 1. The van der Waals surface area contributed by atoms with E-state index in [0.29, 0.717) is 19.5 Å². The maximum atomic E-state index is 12.5. The summed E-state index contributed by atoms with van der Waals surface area (Å²) < 4.78 is 0. The molecule has 0 radical (unpaired) electrons. The van der Waals surface area contributed by atoms with Crippen molar-refractivity contribution < 1.29 is 9.63 Å². The van der Waals surface area contributed by atoms with Gasteiger partial charge in [0.25, 0.3) is 0 Å². The average molecular weight is 335 g/mol. The van der Waals surface area contributed by atoms with Gasteiger partial charge in [-0.25, -0.2) is 4.79 Å². The highest BCUT2D eigenvalue weighted by atomic mass is 16.6. The predicted molar refractivity (Wildman–Crippen MR) is 99.7 cm³/mol. The van der Waals surface area contributed by atoms with Crippen molar-refractivity contribution in [1.82, 2.24) is 4.90 Å². The van der Waals surface area contributed by atoms with E-state index in [1.54, 1.807) is 11.0 Å². The lowest BCUT2D eigenvalue weighted by atomic mass is 10.1. The van der Waals surface area contributed by atoms with E-state index in [0.717, 1.165) is 17.0 Å². The molecule has 1 aliphatic rings. The molecule has 0 aliphatic carbocycles. The molecule has 1 N–H and O–H groups in total. The maximum absolute atomic E-state index is 12.5. The van der Waals surface area contributed by atoms with Crippen molar-refractivity contribution >= 4 is 17.4 Å². The van der Waals surface area contributed by atoms with Crippen LogP contribution in [0.1, 0.15) is 12.0 Å². The van der Waals surface area contributed by atoms with Gasteiger partial charge in [-0.15, -0.1) is 6.58 Å². The summed E-state index contributed by atoms with van der Waals surface area (Å²) in [6.07, 6.45) is 2.23. The number of carbonyl (C=O) groups is 1. The Kier molecular flexibility index (Phi) is 5.46. The lowest BCUT2D eigenvalue weighted by molar-refractivity contribution is 0.0645. The Hall–Kier alpha value is -3.08. The van der Waals surface area contributed by atoms with E-state index < -0.39 is 0 Å². The molecule has 128 valence electrons. The fraction of sp³-hybridized carbons (Fsp3) is 0.200. The summed E-state index contributed by atoms with van der Waals surface area (Å²) in [5.74, 6) is 0. The summed E-state index contributed by atoms with van der Waals surface area (Å²) in [6.45, 7) is 4.63. The third-order valence-corrected chi connectivity index (χ3v) is 3.93. The fourth-order valence-corrected chi connectivity index (χ4v) is 2.69. The molecular formula is C20H21N3O2. The lowest BCUT2D eigenvalue weighted by Crippen LogP contribution is -2.40. The average Bonchev–Trinajstić information content (AvgIpc) is 3.11. The molecule has 1 heterocycles. The molecule has 1 unspecified atom stereocenters. The van der Waals surface area contributed by atoms with E-state index in [1.165, 1.54) is 0 Å². The highest BCUT2D eigenvalue weighted by molar-refractivity contribution is 6.01. The molecule has 0 spiro atoms. The van der Waals surface area contributed by atoms with Crippen molar-refractivity contribution in [3.63, 3.8) is 0 Å². The Morgan fingerprint density at radius 2 is 1.88 bits per heavy atom. The molecule has 2 aromatic carbocycles. The third-order valence-electron chi connectivity index (χ3n) is 3.93. The van der Waals surface area contributed by atoms with Gasteiger partial charge in [-0.1, -0.05) is 59.8 Å². The van der Waals surface area contributed by atoms with E-state index in [2.05, 4.69) is 17.1 Å². The summed E-state index contributed by atoms with van der Waals surface area (Å²) in [4.78, 5) is 19.7. The zero-order valence-corrected chi connectivity index (χ0v) is 14.0. The Morgan fingerprint density at radius 1 is 1.20 bits per heavy atom. The Morgan fingerprint density at radius 3 is 2.56 bits per heavy atom. The van der Waals surface area contributed by atoms with Gasteiger partial charge >= 0.3 is 6.03 Å². The monoisotopic (exact) mass is 335 g/mol. The first-order valence-corrected chi connectivity index (χ1v) is 8.26. The van der Waals surface area contributed by atoms with Gasteiger partial charge in [-0.2, -0.15) is 0 Å². The van der Waals surface area contributed by atoms with Crippen LogP contribution in [-0.2, 0) is 4.84 Å². The van der Waals surface area contributed by atoms with E-state index in [4.69, 9.17) is 4.84 Å². The summed E-state index contributed by atoms with van der Waals surface area (Å²) in [5.41, 5.74) is 2.72. The number of anilines is 1. The number of hydrogen-bond donors (Lipinski definition) is 1.